The Morgan fingerprint density at radius 1 is 1.57 bits per heavy atom. The maximum Gasteiger partial charge on any atom is 0.323 e. The number of nitrogens with one attached hydrogen (secondary N) is 1. The normalized spacial score (nSPS) is 24.8. The maximum atomic E-state index is 11.6. The smallest absolute Gasteiger partial charge is 0.323 e. The van der Waals surface area contributed by atoms with E-state index >= 15 is 0 Å². The van der Waals surface area contributed by atoms with E-state index in [1.54, 1.807) is 0 Å². The van der Waals surface area contributed by atoms with Crippen LogP contribution in [0.4, 0.5) is 0 Å². The fourth-order valence-electron chi connectivity index (χ4n) is 3.20. The first-order valence-corrected chi connectivity index (χ1v) is 8.19. The number of nitrogens with zero attached hydrogens (tertiary/aromatic N) is 2. The van der Waals surface area contributed by atoms with Crippen LogP contribution in [-0.2, 0) is 4.79 Å². The predicted molar refractivity (Wildman–Crippen MR) is 86.7 cm³/mol. The zero-order chi connectivity index (χ0) is 16.0. The summed E-state index contributed by atoms with van der Waals surface area (Å²) in [6.45, 7) is 9.00. The first kappa shape index (κ1) is 18.4. The van der Waals surface area contributed by atoms with Crippen LogP contribution in [0, 0.1) is 0 Å². The Balaban J connectivity index is 2.63. The highest BCUT2D eigenvalue weighted by Crippen LogP contribution is 2.21. The largest absolute Gasteiger partial charge is 0.480 e. The number of likely N-dealkylation sites (tertiary alicyclic amines) is 1. The van der Waals surface area contributed by atoms with Crippen LogP contribution >= 0.6 is 0 Å². The molecule has 0 aliphatic carbocycles. The fraction of sp³-hybridized carbons (Fsp3) is 0.938. The molecule has 5 heteroatoms. The van der Waals surface area contributed by atoms with Crippen LogP contribution < -0.4 is 5.32 Å². The number of likely N-dealkylation sites (N-methyl/N-ethyl adjacent to an activating group) is 2. The van der Waals surface area contributed by atoms with Crippen molar-refractivity contribution in [3.05, 3.63) is 0 Å². The SMILES string of the molecule is CCCNC(C)(CC(C)N(C)C1CCCN(C)C1)C(=O)O. The lowest BCUT2D eigenvalue weighted by atomic mass is 9.91. The van der Waals surface area contributed by atoms with E-state index in [2.05, 4.69) is 43.1 Å². The molecule has 1 fully saturated rings. The number of carboxylic acid groups (broad SMARTS) is 1. The lowest BCUT2D eigenvalue weighted by molar-refractivity contribution is -0.145. The summed E-state index contributed by atoms with van der Waals surface area (Å²) in [6, 6.07) is 0.773. The minimum absolute atomic E-state index is 0.243. The van der Waals surface area contributed by atoms with E-state index in [4.69, 9.17) is 0 Å². The molecule has 1 aliphatic rings. The molecule has 1 saturated heterocycles. The Bertz CT molecular complexity index is 337. The van der Waals surface area contributed by atoms with Gasteiger partial charge in [-0.3, -0.25) is 9.69 Å². The molecule has 5 nitrogen and oxygen atoms in total. The van der Waals surface area contributed by atoms with E-state index in [-0.39, 0.29) is 6.04 Å². The third-order valence-corrected chi connectivity index (χ3v) is 4.81. The van der Waals surface area contributed by atoms with E-state index in [1.165, 1.54) is 19.4 Å². The van der Waals surface area contributed by atoms with Gasteiger partial charge in [-0.25, -0.2) is 0 Å². The molecule has 0 spiro atoms. The lowest BCUT2D eigenvalue weighted by Gasteiger charge is -2.41. The molecular formula is C16H33N3O2. The molecule has 0 radical (unpaired) electrons. The average Bonchev–Trinajstić information content (AvgIpc) is 2.44. The maximum absolute atomic E-state index is 11.6. The molecule has 1 heterocycles. The molecule has 21 heavy (non-hydrogen) atoms. The van der Waals surface area contributed by atoms with Crippen molar-refractivity contribution in [2.24, 2.45) is 0 Å². The lowest BCUT2D eigenvalue weighted by Crippen LogP contribution is -2.55. The molecule has 0 aromatic carbocycles. The van der Waals surface area contributed by atoms with Gasteiger partial charge in [0.1, 0.15) is 5.54 Å². The summed E-state index contributed by atoms with van der Waals surface area (Å²) in [6.07, 6.45) is 4.00. The van der Waals surface area contributed by atoms with Gasteiger partial charge < -0.3 is 15.3 Å². The Morgan fingerprint density at radius 3 is 2.76 bits per heavy atom. The minimum atomic E-state index is -0.843. The summed E-state index contributed by atoms with van der Waals surface area (Å²) in [7, 11) is 4.30. The Hall–Kier alpha value is -0.650. The van der Waals surface area contributed by atoms with Crippen molar-refractivity contribution >= 4 is 5.97 Å². The Labute approximate surface area is 129 Å². The summed E-state index contributed by atoms with van der Waals surface area (Å²) in [5.74, 6) is -0.753. The van der Waals surface area contributed by atoms with Gasteiger partial charge in [0.2, 0.25) is 0 Å². The van der Waals surface area contributed by atoms with Gasteiger partial charge in [-0.05, 0) is 66.7 Å². The molecule has 0 saturated carbocycles. The van der Waals surface area contributed by atoms with Crippen molar-refractivity contribution in [3.63, 3.8) is 0 Å². The van der Waals surface area contributed by atoms with Crippen molar-refractivity contribution in [2.45, 2.75) is 64.1 Å². The highest BCUT2D eigenvalue weighted by atomic mass is 16.4. The van der Waals surface area contributed by atoms with Gasteiger partial charge in [0.05, 0.1) is 0 Å². The highest BCUT2D eigenvalue weighted by molar-refractivity contribution is 5.78. The number of piperidine rings is 1. The third-order valence-electron chi connectivity index (χ3n) is 4.81. The molecule has 3 atom stereocenters. The second kappa shape index (κ2) is 8.11. The van der Waals surface area contributed by atoms with E-state index in [0.717, 1.165) is 19.5 Å². The number of carbonyl (C=O) groups is 1. The van der Waals surface area contributed by atoms with Crippen LogP contribution in [0.2, 0.25) is 0 Å². The minimum Gasteiger partial charge on any atom is -0.480 e. The van der Waals surface area contributed by atoms with Crippen LogP contribution in [0.5, 0.6) is 0 Å². The summed E-state index contributed by atoms with van der Waals surface area (Å²) < 4.78 is 0. The molecule has 0 amide bonds. The third kappa shape index (κ3) is 5.24. The van der Waals surface area contributed by atoms with Crippen LogP contribution in [0.1, 0.15) is 46.5 Å². The van der Waals surface area contributed by atoms with Gasteiger partial charge in [0.25, 0.3) is 0 Å². The van der Waals surface area contributed by atoms with Gasteiger partial charge in [-0.2, -0.15) is 0 Å². The number of carboxylic acids is 1. The summed E-state index contributed by atoms with van der Waals surface area (Å²) in [4.78, 5) is 16.4. The number of hydrogen-bond donors (Lipinski definition) is 2. The van der Waals surface area contributed by atoms with E-state index in [0.29, 0.717) is 12.5 Å². The van der Waals surface area contributed by atoms with Crippen molar-refractivity contribution in [3.8, 4) is 0 Å². The molecule has 0 aromatic heterocycles. The molecule has 0 aromatic rings. The van der Waals surface area contributed by atoms with E-state index < -0.39 is 11.5 Å². The zero-order valence-electron chi connectivity index (χ0n) is 14.4. The highest BCUT2D eigenvalue weighted by Gasteiger charge is 2.36. The first-order chi connectivity index (χ1) is 9.80. The van der Waals surface area contributed by atoms with Crippen molar-refractivity contribution < 1.29 is 9.90 Å². The van der Waals surface area contributed by atoms with Gasteiger partial charge in [-0.15, -0.1) is 0 Å². The van der Waals surface area contributed by atoms with Crippen LogP contribution in [0.15, 0.2) is 0 Å². The average molecular weight is 299 g/mol. The van der Waals surface area contributed by atoms with E-state index in [1.807, 2.05) is 6.92 Å². The first-order valence-electron chi connectivity index (χ1n) is 8.19. The standard InChI is InChI=1S/C16H33N3O2/c1-6-9-17-16(3,15(20)21)11-13(2)19(5)14-8-7-10-18(4)12-14/h13-14,17H,6-12H2,1-5H3,(H,20,21). The topological polar surface area (TPSA) is 55.8 Å². The fourth-order valence-corrected chi connectivity index (χ4v) is 3.20. The molecule has 0 bridgehead atoms. The number of hydrogen-bond acceptors (Lipinski definition) is 4. The molecule has 2 N–H and O–H groups in total. The second-order valence-electron chi connectivity index (χ2n) is 6.84. The quantitative estimate of drug-likeness (QED) is 0.713. The molecular weight excluding hydrogens is 266 g/mol. The van der Waals surface area contributed by atoms with Gasteiger partial charge in [0.15, 0.2) is 0 Å². The number of aliphatic carboxylic acids is 1. The monoisotopic (exact) mass is 299 g/mol. The molecule has 1 rings (SSSR count). The summed E-state index contributed by atoms with van der Waals surface area (Å²) in [5.41, 5.74) is -0.843. The Kier molecular flexibility index (Phi) is 7.10. The van der Waals surface area contributed by atoms with Crippen LogP contribution in [0.3, 0.4) is 0 Å². The van der Waals surface area contributed by atoms with Crippen LogP contribution in [0.25, 0.3) is 0 Å². The van der Waals surface area contributed by atoms with Gasteiger partial charge in [-0.1, -0.05) is 6.92 Å². The van der Waals surface area contributed by atoms with Crippen molar-refractivity contribution in [1.29, 1.82) is 0 Å². The van der Waals surface area contributed by atoms with Gasteiger partial charge in [0, 0.05) is 18.6 Å². The second-order valence-corrected chi connectivity index (χ2v) is 6.84. The molecule has 1 aliphatic heterocycles. The number of rotatable bonds is 8. The predicted octanol–water partition coefficient (Wildman–Crippen LogP) is 1.63. The van der Waals surface area contributed by atoms with Crippen molar-refractivity contribution in [1.82, 2.24) is 15.1 Å². The van der Waals surface area contributed by atoms with Crippen LogP contribution in [-0.4, -0.2) is 72.2 Å². The molecule has 124 valence electrons. The summed E-state index contributed by atoms with van der Waals surface area (Å²) in [5, 5.41) is 12.8. The Morgan fingerprint density at radius 2 is 2.24 bits per heavy atom. The van der Waals surface area contributed by atoms with Gasteiger partial charge >= 0.3 is 5.97 Å². The molecule has 3 unspecified atom stereocenters. The zero-order valence-corrected chi connectivity index (χ0v) is 14.4. The van der Waals surface area contributed by atoms with E-state index in [9.17, 15) is 9.90 Å². The van der Waals surface area contributed by atoms with Crippen molar-refractivity contribution in [2.75, 3.05) is 33.7 Å². The summed E-state index contributed by atoms with van der Waals surface area (Å²) >= 11 is 0.